The summed E-state index contributed by atoms with van der Waals surface area (Å²) in [6, 6.07) is 0. The summed E-state index contributed by atoms with van der Waals surface area (Å²) in [6.45, 7) is 1.14. The molecule has 1 N–H and O–H groups in total. The number of rotatable bonds is 12. The Kier molecular flexibility index (Phi) is 11.9. The molecule has 1 fully saturated rings. The highest BCUT2D eigenvalue weighted by Gasteiger charge is 2.79. The third-order valence-electron chi connectivity index (χ3n) is 6.89. The molecule has 0 radical (unpaired) electrons. The van der Waals surface area contributed by atoms with E-state index in [9.17, 15) is 80.1 Å². The zero-order chi connectivity index (χ0) is 34.1. The zero-order valence-electron chi connectivity index (χ0n) is 21.4. The fraction of sp³-hybridized carbons (Fsp3) is 0.864. The topological polar surface area (TPSA) is 55.8 Å². The largest absolute Gasteiger partial charge is 0.437 e. The number of thiol groups is 1. The van der Waals surface area contributed by atoms with Crippen LogP contribution in [0.25, 0.3) is 0 Å². The smallest absolute Gasteiger partial charge is 0.436 e. The number of ether oxygens (including phenoxy) is 2. The van der Waals surface area contributed by atoms with E-state index in [4.69, 9.17) is 4.74 Å². The lowest BCUT2D eigenvalue weighted by Crippen LogP contribution is -2.66. The van der Waals surface area contributed by atoms with E-state index in [0.717, 1.165) is 0 Å². The summed E-state index contributed by atoms with van der Waals surface area (Å²) in [6.07, 6.45) is -34.8. The first kappa shape index (κ1) is 39.4. The van der Waals surface area contributed by atoms with Crippen LogP contribution in [0.15, 0.2) is 12.2 Å². The third-order valence-corrected chi connectivity index (χ3v) is 7.21. The van der Waals surface area contributed by atoms with Gasteiger partial charge in [-0.1, -0.05) is 19.2 Å². The maximum Gasteiger partial charge on any atom is 0.437 e. The van der Waals surface area contributed by atoms with E-state index < -0.39 is 129 Å². The van der Waals surface area contributed by atoms with Gasteiger partial charge < -0.3 is 14.6 Å². The van der Waals surface area contributed by atoms with Gasteiger partial charge in [0.1, 0.15) is 0 Å². The first-order valence-corrected chi connectivity index (χ1v) is 12.4. The highest BCUT2D eigenvalue weighted by molar-refractivity contribution is 7.81. The number of unbranched alkanes of at least 4 members (excludes halogenated alkanes) is 1. The Labute approximate surface area is 238 Å². The second kappa shape index (κ2) is 13.0. The average molecular weight is 688 g/mol. The summed E-state index contributed by atoms with van der Waals surface area (Å²) >= 11 is 2.44. The van der Waals surface area contributed by atoms with Gasteiger partial charge in [0, 0.05) is 24.9 Å². The zero-order valence-corrected chi connectivity index (χ0v) is 22.3. The molecule has 0 amide bonds. The van der Waals surface area contributed by atoms with Crippen molar-refractivity contribution in [3.63, 3.8) is 0 Å². The molecule has 1 aliphatic carbocycles. The normalized spacial score (nSPS) is 20.2. The van der Waals surface area contributed by atoms with Gasteiger partial charge in [-0.25, -0.2) is 4.79 Å². The highest BCUT2D eigenvalue weighted by Crippen LogP contribution is 2.58. The fourth-order valence-corrected chi connectivity index (χ4v) is 4.65. The summed E-state index contributed by atoms with van der Waals surface area (Å²) in [4.78, 5) is 12.2. The van der Waals surface area contributed by atoms with Crippen molar-refractivity contribution in [1.29, 1.82) is 0 Å². The molecule has 254 valence electrons. The Hall–Kier alpha value is -1.64. The van der Waals surface area contributed by atoms with Crippen LogP contribution in [0, 0.1) is 11.8 Å². The molecule has 0 unspecified atom stereocenters. The maximum absolute atomic E-state index is 14.0. The number of hydrogen-bond donors (Lipinski definition) is 2. The SMILES string of the molecule is C=C(COCCCCC(F)(F)C(F)(F)S)C(=O)OC(C1CCC(C(O)(C(F)(F)F)C(F)(F)F)CC1)(C(F)(F)F)C(F)(F)F. The first-order chi connectivity index (χ1) is 19.0. The fourth-order valence-electron chi connectivity index (χ4n) is 4.54. The van der Waals surface area contributed by atoms with Gasteiger partial charge in [0.2, 0.25) is 0 Å². The van der Waals surface area contributed by atoms with Gasteiger partial charge in [0.15, 0.2) is 0 Å². The summed E-state index contributed by atoms with van der Waals surface area (Å²) in [5, 5.41) is 4.81. The van der Waals surface area contributed by atoms with Crippen molar-refractivity contribution in [1.82, 2.24) is 0 Å². The molecule has 1 aliphatic rings. The van der Waals surface area contributed by atoms with Gasteiger partial charge in [-0.15, -0.1) is 0 Å². The second-order valence-corrected chi connectivity index (χ2v) is 10.4. The van der Waals surface area contributed by atoms with Crippen LogP contribution in [0.1, 0.15) is 44.9 Å². The van der Waals surface area contributed by atoms with Crippen molar-refractivity contribution in [2.75, 3.05) is 13.2 Å². The number of carbonyl (C=O) groups is 1. The quantitative estimate of drug-likeness (QED) is 0.0719. The molecule has 4 nitrogen and oxygen atoms in total. The number of carbonyl (C=O) groups excluding carboxylic acids is 1. The highest BCUT2D eigenvalue weighted by atomic mass is 32.1. The molecule has 43 heavy (non-hydrogen) atoms. The van der Waals surface area contributed by atoms with E-state index in [-0.39, 0.29) is 0 Å². The van der Waals surface area contributed by atoms with Crippen molar-refractivity contribution in [3.8, 4) is 0 Å². The monoisotopic (exact) mass is 688 g/mol. The summed E-state index contributed by atoms with van der Waals surface area (Å²) in [5.74, 6) is -12.7. The minimum Gasteiger partial charge on any atom is -0.436 e. The van der Waals surface area contributed by atoms with E-state index >= 15 is 0 Å². The van der Waals surface area contributed by atoms with Crippen molar-refractivity contribution in [2.45, 2.75) is 92.0 Å². The van der Waals surface area contributed by atoms with Gasteiger partial charge >= 0.3 is 47.5 Å². The van der Waals surface area contributed by atoms with E-state index in [0.29, 0.717) is 0 Å². The van der Waals surface area contributed by atoms with Crippen LogP contribution in [0.3, 0.4) is 0 Å². The molecule has 0 heterocycles. The van der Waals surface area contributed by atoms with Crippen molar-refractivity contribution < 1.29 is 89.6 Å². The van der Waals surface area contributed by atoms with Gasteiger partial charge in [0.25, 0.3) is 5.60 Å². The molecule has 1 rings (SSSR count). The Morgan fingerprint density at radius 3 is 1.51 bits per heavy atom. The molecule has 0 aromatic rings. The Morgan fingerprint density at radius 1 is 0.721 bits per heavy atom. The maximum atomic E-state index is 14.0. The van der Waals surface area contributed by atoms with Crippen LogP contribution in [0.5, 0.6) is 0 Å². The number of alkyl halides is 16. The van der Waals surface area contributed by atoms with Crippen LogP contribution in [-0.4, -0.2) is 71.4 Å². The van der Waals surface area contributed by atoms with Crippen LogP contribution in [0.2, 0.25) is 0 Å². The minimum absolute atomic E-state index is 0.401. The Morgan fingerprint density at radius 2 is 1.14 bits per heavy atom. The van der Waals surface area contributed by atoms with Crippen LogP contribution < -0.4 is 0 Å². The number of halogens is 16. The van der Waals surface area contributed by atoms with Crippen LogP contribution in [-0.2, 0) is 14.3 Å². The van der Waals surface area contributed by atoms with Gasteiger partial charge in [-0.3, -0.25) is 0 Å². The standard InChI is InChI=1S/C22H24F16O4S/c1-11(10-41-9-3-2-8-15(23,24)22(37,38)43)14(39)42-17(20(31,32)33,21(34,35)36)13-6-4-12(5-7-13)16(40,18(25,26)27)19(28,29)30/h12-13,40,43H,1-10H2. The molecule has 0 bridgehead atoms. The second-order valence-electron chi connectivity index (χ2n) is 9.79. The van der Waals surface area contributed by atoms with Crippen LogP contribution >= 0.6 is 12.6 Å². The van der Waals surface area contributed by atoms with Crippen molar-refractivity contribution >= 4 is 18.6 Å². The number of esters is 1. The third kappa shape index (κ3) is 8.35. The van der Waals surface area contributed by atoms with Gasteiger partial charge in [-0.2, -0.15) is 70.2 Å². The Balaban J connectivity index is 3.06. The lowest BCUT2D eigenvalue weighted by Gasteiger charge is -2.47. The molecule has 0 spiro atoms. The summed E-state index contributed by atoms with van der Waals surface area (Å²) in [5.41, 5.74) is -12.1. The Bertz CT molecular complexity index is 929. The van der Waals surface area contributed by atoms with E-state index in [1.165, 1.54) is 0 Å². The van der Waals surface area contributed by atoms with Gasteiger partial charge in [0.05, 0.1) is 12.2 Å². The molecular formula is C22H24F16O4S. The van der Waals surface area contributed by atoms with E-state index in [1.54, 1.807) is 0 Å². The predicted molar refractivity (Wildman–Crippen MR) is 116 cm³/mol. The average Bonchev–Trinajstić information content (AvgIpc) is 2.80. The van der Waals surface area contributed by atoms with Crippen molar-refractivity contribution in [2.24, 2.45) is 11.8 Å². The lowest BCUT2D eigenvalue weighted by atomic mass is 9.67. The minimum atomic E-state index is -6.51. The number of aliphatic hydroxyl groups is 1. The van der Waals surface area contributed by atoms with Crippen LogP contribution in [0.4, 0.5) is 70.2 Å². The van der Waals surface area contributed by atoms with E-state index in [2.05, 4.69) is 23.9 Å². The van der Waals surface area contributed by atoms with Crippen molar-refractivity contribution in [3.05, 3.63) is 12.2 Å². The summed E-state index contributed by atoms with van der Waals surface area (Å²) < 4.78 is 223. The lowest BCUT2D eigenvalue weighted by molar-refractivity contribution is -0.398. The summed E-state index contributed by atoms with van der Waals surface area (Å²) in [7, 11) is 0. The molecule has 1 saturated carbocycles. The molecule has 0 aromatic heterocycles. The van der Waals surface area contributed by atoms with E-state index in [1.807, 2.05) is 0 Å². The predicted octanol–water partition coefficient (Wildman–Crippen LogP) is 7.96. The number of hydrogen-bond acceptors (Lipinski definition) is 5. The molecule has 0 atom stereocenters. The molecule has 0 aliphatic heterocycles. The first-order valence-electron chi connectivity index (χ1n) is 11.9. The molecule has 0 saturated heterocycles. The molecular weight excluding hydrogens is 664 g/mol. The molecule has 0 aromatic carbocycles. The molecule has 21 heteroatoms. The van der Waals surface area contributed by atoms with Gasteiger partial charge in [-0.05, 0) is 38.5 Å².